The molecule has 1 aliphatic carbocycles. The highest BCUT2D eigenvalue weighted by molar-refractivity contribution is 4.85. The molecule has 3 unspecified atom stereocenters. The SMILES string of the molecule is CCCC1CCC(O)C(N(C)CCN(C)C)C1. The summed E-state index contributed by atoms with van der Waals surface area (Å²) < 4.78 is 0. The molecule has 1 N–H and O–H groups in total. The first-order valence-corrected chi connectivity index (χ1v) is 7.07. The van der Waals surface area contributed by atoms with Gasteiger partial charge in [-0.15, -0.1) is 0 Å². The maximum Gasteiger partial charge on any atom is 0.0695 e. The van der Waals surface area contributed by atoms with Gasteiger partial charge in [0.2, 0.25) is 0 Å². The van der Waals surface area contributed by atoms with Crippen molar-refractivity contribution in [1.29, 1.82) is 0 Å². The average Bonchev–Trinajstić information content (AvgIpc) is 2.29. The Balaban J connectivity index is 2.42. The highest BCUT2D eigenvalue weighted by atomic mass is 16.3. The Labute approximate surface area is 107 Å². The molecule has 3 atom stereocenters. The molecule has 0 aromatic rings. The van der Waals surface area contributed by atoms with E-state index in [0.29, 0.717) is 6.04 Å². The summed E-state index contributed by atoms with van der Waals surface area (Å²) in [6, 6.07) is 0.375. The third kappa shape index (κ3) is 4.94. The molecular formula is C14H30N2O. The van der Waals surface area contributed by atoms with Gasteiger partial charge in [-0.3, -0.25) is 4.90 Å². The topological polar surface area (TPSA) is 26.7 Å². The quantitative estimate of drug-likeness (QED) is 0.769. The van der Waals surface area contributed by atoms with E-state index in [1.165, 1.54) is 25.7 Å². The third-order valence-corrected chi connectivity index (χ3v) is 4.05. The number of hydrogen-bond acceptors (Lipinski definition) is 3. The smallest absolute Gasteiger partial charge is 0.0695 e. The summed E-state index contributed by atoms with van der Waals surface area (Å²) in [5, 5.41) is 10.1. The summed E-state index contributed by atoms with van der Waals surface area (Å²) in [6.45, 7) is 4.38. The Bertz CT molecular complexity index is 208. The first-order valence-electron chi connectivity index (χ1n) is 7.07. The minimum atomic E-state index is -0.115. The van der Waals surface area contributed by atoms with E-state index in [-0.39, 0.29) is 6.10 Å². The summed E-state index contributed by atoms with van der Waals surface area (Å²) in [5.41, 5.74) is 0. The molecule has 0 aromatic carbocycles. The number of aliphatic hydroxyl groups is 1. The van der Waals surface area contributed by atoms with Gasteiger partial charge in [-0.05, 0) is 46.3 Å². The molecule has 0 heterocycles. The van der Waals surface area contributed by atoms with Gasteiger partial charge in [-0.25, -0.2) is 0 Å². The second-order valence-electron chi connectivity index (χ2n) is 5.89. The molecule has 17 heavy (non-hydrogen) atoms. The second-order valence-corrected chi connectivity index (χ2v) is 5.89. The minimum absolute atomic E-state index is 0.115. The predicted molar refractivity (Wildman–Crippen MR) is 73.2 cm³/mol. The second kappa shape index (κ2) is 7.34. The van der Waals surface area contributed by atoms with Crippen LogP contribution in [-0.2, 0) is 0 Å². The number of nitrogens with zero attached hydrogens (tertiary/aromatic N) is 2. The fourth-order valence-electron chi connectivity index (χ4n) is 2.88. The highest BCUT2D eigenvalue weighted by Gasteiger charge is 2.31. The van der Waals surface area contributed by atoms with Crippen LogP contribution in [0.25, 0.3) is 0 Å². The molecular weight excluding hydrogens is 212 g/mol. The van der Waals surface area contributed by atoms with Crippen molar-refractivity contribution in [2.75, 3.05) is 34.2 Å². The van der Waals surface area contributed by atoms with Gasteiger partial charge in [-0.2, -0.15) is 0 Å². The van der Waals surface area contributed by atoms with Crippen molar-refractivity contribution in [3.05, 3.63) is 0 Å². The van der Waals surface area contributed by atoms with E-state index in [1.54, 1.807) is 0 Å². The van der Waals surface area contributed by atoms with Crippen molar-refractivity contribution in [3.63, 3.8) is 0 Å². The van der Waals surface area contributed by atoms with Crippen molar-refractivity contribution < 1.29 is 5.11 Å². The Morgan fingerprint density at radius 3 is 2.41 bits per heavy atom. The third-order valence-electron chi connectivity index (χ3n) is 4.05. The number of rotatable bonds is 6. The molecule has 3 heteroatoms. The molecule has 0 aromatic heterocycles. The molecule has 1 fully saturated rings. The lowest BCUT2D eigenvalue weighted by Gasteiger charge is -2.39. The zero-order chi connectivity index (χ0) is 12.8. The molecule has 1 saturated carbocycles. The maximum absolute atomic E-state index is 10.1. The molecule has 3 nitrogen and oxygen atoms in total. The summed E-state index contributed by atoms with van der Waals surface area (Å²) in [5.74, 6) is 0.829. The first-order chi connectivity index (χ1) is 8.04. The van der Waals surface area contributed by atoms with Crippen LogP contribution in [0, 0.1) is 5.92 Å². The monoisotopic (exact) mass is 242 g/mol. The van der Waals surface area contributed by atoms with Gasteiger partial charge in [0.05, 0.1) is 6.10 Å². The lowest BCUT2D eigenvalue weighted by atomic mass is 9.81. The van der Waals surface area contributed by atoms with Crippen molar-refractivity contribution >= 4 is 0 Å². The van der Waals surface area contributed by atoms with Gasteiger partial charge in [0.25, 0.3) is 0 Å². The van der Waals surface area contributed by atoms with Crippen LogP contribution in [0.1, 0.15) is 39.0 Å². The van der Waals surface area contributed by atoms with Crippen molar-refractivity contribution in [2.45, 2.75) is 51.2 Å². The summed E-state index contributed by atoms with van der Waals surface area (Å²) in [4.78, 5) is 4.56. The van der Waals surface area contributed by atoms with Gasteiger partial charge in [-0.1, -0.05) is 19.8 Å². The number of aliphatic hydroxyl groups excluding tert-OH is 1. The van der Waals surface area contributed by atoms with Gasteiger partial charge in [0.15, 0.2) is 0 Å². The normalized spacial score (nSPS) is 30.2. The Morgan fingerprint density at radius 2 is 1.82 bits per heavy atom. The van der Waals surface area contributed by atoms with Crippen LogP contribution in [0.3, 0.4) is 0 Å². The van der Waals surface area contributed by atoms with E-state index >= 15 is 0 Å². The molecule has 0 spiro atoms. The molecule has 0 radical (unpaired) electrons. The van der Waals surface area contributed by atoms with Gasteiger partial charge in [0.1, 0.15) is 0 Å². The Hall–Kier alpha value is -0.120. The van der Waals surface area contributed by atoms with E-state index < -0.39 is 0 Å². The summed E-state index contributed by atoms with van der Waals surface area (Å²) >= 11 is 0. The first kappa shape index (κ1) is 14.9. The molecule has 0 bridgehead atoms. The molecule has 1 rings (SSSR count). The van der Waals surface area contributed by atoms with Crippen LogP contribution < -0.4 is 0 Å². The highest BCUT2D eigenvalue weighted by Crippen LogP contribution is 2.30. The van der Waals surface area contributed by atoms with Gasteiger partial charge in [0, 0.05) is 19.1 Å². The molecule has 0 saturated heterocycles. The zero-order valence-corrected chi connectivity index (χ0v) is 12.0. The largest absolute Gasteiger partial charge is 0.391 e. The summed E-state index contributed by atoms with van der Waals surface area (Å²) in [6.07, 6.45) is 5.86. The summed E-state index contributed by atoms with van der Waals surface area (Å²) in [7, 11) is 6.36. The van der Waals surface area contributed by atoms with Crippen LogP contribution >= 0.6 is 0 Å². The van der Waals surface area contributed by atoms with E-state index in [2.05, 4.69) is 37.9 Å². The fraction of sp³-hybridized carbons (Fsp3) is 1.00. The van der Waals surface area contributed by atoms with E-state index in [9.17, 15) is 5.11 Å². The van der Waals surface area contributed by atoms with Crippen LogP contribution in [0.4, 0.5) is 0 Å². The van der Waals surface area contributed by atoms with Crippen molar-refractivity contribution in [3.8, 4) is 0 Å². The lowest BCUT2D eigenvalue weighted by Crippen LogP contribution is -2.47. The van der Waals surface area contributed by atoms with E-state index in [0.717, 1.165) is 25.4 Å². The number of likely N-dealkylation sites (N-methyl/N-ethyl adjacent to an activating group) is 2. The average molecular weight is 242 g/mol. The standard InChI is InChI=1S/C14H30N2O/c1-5-6-12-7-8-14(17)13(11-12)16(4)10-9-15(2)3/h12-14,17H,5-11H2,1-4H3. The molecule has 0 aliphatic heterocycles. The Morgan fingerprint density at radius 1 is 1.12 bits per heavy atom. The van der Waals surface area contributed by atoms with Crippen LogP contribution in [0.15, 0.2) is 0 Å². The molecule has 0 amide bonds. The molecule has 1 aliphatic rings. The Kier molecular flexibility index (Phi) is 6.45. The van der Waals surface area contributed by atoms with Gasteiger partial charge < -0.3 is 10.0 Å². The number of hydrogen-bond donors (Lipinski definition) is 1. The predicted octanol–water partition coefficient (Wildman–Crippen LogP) is 1.81. The van der Waals surface area contributed by atoms with E-state index in [1.807, 2.05) is 0 Å². The van der Waals surface area contributed by atoms with Crippen LogP contribution in [0.5, 0.6) is 0 Å². The fourth-order valence-corrected chi connectivity index (χ4v) is 2.88. The minimum Gasteiger partial charge on any atom is -0.391 e. The van der Waals surface area contributed by atoms with Crippen LogP contribution in [-0.4, -0.2) is 61.3 Å². The van der Waals surface area contributed by atoms with Crippen molar-refractivity contribution in [1.82, 2.24) is 9.80 Å². The zero-order valence-electron chi connectivity index (χ0n) is 12.0. The van der Waals surface area contributed by atoms with Gasteiger partial charge >= 0.3 is 0 Å². The lowest BCUT2D eigenvalue weighted by molar-refractivity contribution is 0.0109. The maximum atomic E-state index is 10.1. The van der Waals surface area contributed by atoms with E-state index in [4.69, 9.17) is 0 Å². The van der Waals surface area contributed by atoms with Crippen LogP contribution in [0.2, 0.25) is 0 Å². The van der Waals surface area contributed by atoms with Crippen molar-refractivity contribution in [2.24, 2.45) is 5.92 Å². The molecule has 102 valence electrons.